The summed E-state index contributed by atoms with van der Waals surface area (Å²) in [6, 6.07) is 10.8. The number of aromatic nitrogens is 2. The third kappa shape index (κ3) is 2.93. The van der Waals surface area contributed by atoms with Crippen LogP contribution in [0.3, 0.4) is 0 Å². The van der Waals surface area contributed by atoms with E-state index in [9.17, 15) is 4.79 Å². The Kier molecular flexibility index (Phi) is 3.83. The van der Waals surface area contributed by atoms with Gasteiger partial charge in [-0.05, 0) is 18.9 Å². The minimum absolute atomic E-state index is 0.0870. The zero-order valence-electron chi connectivity index (χ0n) is 13.4. The lowest BCUT2D eigenvalue weighted by molar-refractivity contribution is 0.0152. The maximum atomic E-state index is 15.5. The van der Waals surface area contributed by atoms with Crippen LogP contribution in [-0.4, -0.2) is 34.0 Å². The van der Waals surface area contributed by atoms with Crippen molar-refractivity contribution in [2.24, 2.45) is 0 Å². The number of hydrogen-bond acceptors (Lipinski definition) is 5. The highest BCUT2D eigenvalue weighted by molar-refractivity contribution is 5.93. The van der Waals surface area contributed by atoms with Gasteiger partial charge >= 0.3 is 0 Å². The fourth-order valence-corrected chi connectivity index (χ4v) is 3.04. The van der Waals surface area contributed by atoms with Crippen molar-refractivity contribution in [1.82, 2.24) is 15.0 Å². The fraction of sp³-hybridized carbons (Fsp3) is 0.278. The van der Waals surface area contributed by atoms with Crippen molar-refractivity contribution in [2.45, 2.75) is 18.5 Å². The standard InChI is InChI=1S/C18H16FN3O3/c19-18(17-20-15(21-25-17)13-5-2-1-3-6-13)8-4-9-22(12-18)16(23)14-7-10-24-11-14/h1-3,5-7,10-11H,4,8-9,12H2. The van der Waals surface area contributed by atoms with Crippen molar-refractivity contribution < 1.29 is 18.1 Å². The summed E-state index contributed by atoms with van der Waals surface area (Å²) in [6.07, 6.45) is 3.53. The molecule has 3 heterocycles. The van der Waals surface area contributed by atoms with Gasteiger partial charge in [-0.25, -0.2) is 4.39 Å². The van der Waals surface area contributed by atoms with Gasteiger partial charge in [-0.3, -0.25) is 4.79 Å². The van der Waals surface area contributed by atoms with E-state index < -0.39 is 5.67 Å². The molecular weight excluding hydrogens is 325 g/mol. The van der Waals surface area contributed by atoms with E-state index in [4.69, 9.17) is 8.94 Å². The lowest BCUT2D eigenvalue weighted by atomic mass is 9.94. The average molecular weight is 341 g/mol. The second kappa shape index (κ2) is 6.16. The van der Waals surface area contributed by atoms with E-state index in [1.165, 1.54) is 17.4 Å². The largest absolute Gasteiger partial charge is 0.472 e. The molecule has 1 atom stereocenters. The van der Waals surface area contributed by atoms with Crippen LogP contribution in [0.2, 0.25) is 0 Å². The van der Waals surface area contributed by atoms with Gasteiger partial charge in [0.1, 0.15) is 6.26 Å². The summed E-state index contributed by atoms with van der Waals surface area (Å²) in [4.78, 5) is 18.1. The monoisotopic (exact) mass is 341 g/mol. The molecule has 2 aromatic heterocycles. The van der Waals surface area contributed by atoms with Gasteiger partial charge in [0.25, 0.3) is 11.8 Å². The molecule has 1 unspecified atom stereocenters. The van der Waals surface area contributed by atoms with Gasteiger partial charge < -0.3 is 13.8 Å². The molecule has 128 valence electrons. The quantitative estimate of drug-likeness (QED) is 0.730. The molecule has 4 rings (SSSR count). The van der Waals surface area contributed by atoms with Gasteiger partial charge in [-0.2, -0.15) is 4.98 Å². The van der Waals surface area contributed by atoms with Crippen LogP contribution in [0.15, 0.2) is 57.9 Å². The number of benzene rings is 1. The van der Waals surface area contributed by atoms with E-state index in [0.717, 1.165) is 5.56 Å². The molecule has 1 aliphatic heterocycles. The molecule has 1 aromatic carbocycles. The Morgan fingerprint density at radius 1 is 1.24 bits per heavy atom. The minimum Gasteiger partial charge on any atom is -0.472 e. The first kappa shape index (κ1) is 15.6. The average Bonchev–Trinajstić information content (AvgIpc) is 3.34. The Morgan fingerprint density at radius 2 is 2.08 bits per heavy atom. The summed E-state index contributed by atoms with van der Waals surface area (Å²) in [5.74, 6) is -0.0137. The molecule has 0 N–H and O–H groups in total. The minimum atomic E-state index is -1.85. The third-order valence-electron chi connectivity index (χ3n) is 4.34. The van der Waals surface area contributed by atoms with Crippen LogP contribution in [0.4, 0.5) is 4.39 Å². The summed E-state index contributed by atoms with van der Waals surface area (Å²) in [5.41, 5.74) is -0.694. The molecule has 0 aliphatic carbocycles. The Hall–Kier alpha value is -2.96. The number of carbonyl (C=O) groups is 1. The molecule has 7 heteroatoms. The molecular formula is C18H16FN3O3. The van der Waals surface area contributed by atoms with Gasteiger partial charge in [0, 0.05) is 12.1 Å². The molecule has 1 fully saturated rings. The topological polar surface area (TPSA) is 72.4 Å². The van der Waals surface area contributed by atoms with Gasteiger partial charge in [0.15, 0.2) is 0 Å². The molecule has 0 saturated carbocycles. The first-order valence-electron chi connectivity index (χ1n) is 8.06. The summed E-state index contributed by atoms with van der Waals surface area (Å²) >= 11 is 0. The number of halogens is 1. The van der Waals surface area contributed by atoms with Gasteiger partial charge in [0.2, 0.25) is 11.5 Å². The van der Waals surface area contributed by atoms with Crippen molar-refractivity contribution in [2.75, 3.05) is 13.1 Å². The molecule has 6 nitrogen and oxygen atoms in total. The van der Waals surface area contributed by atoms with Crippen LogP contribution in [0, 0.1) is 0 Å². The summed E-state index contributed by atoms with van der Waals surface area (Å²) in [5, 5.41) is 3.88. The predicted octanol–water partition coefficient (Wildman–Crippen LogP) is 3.43. The fourth-order valence-electron chi connectivity index (χ4n) is 3.04. The molecule has 3 aromatic rings. The predicted molar refractivity (Wildman–Crippen MR) is 86.4 cm³/mol. The number of furan rings is 1. The van der Waals surface area contributed by atoms with Crippen LogP contribution in [0.25, 0.3) is 11.4 Å². The van der Waals surface area contributed by atoms with Crippen LogP contribution in [0.1, 0.15) is 29.1 Å². The highest BCUT2D eigenvalue weighted by Crippen LogP contribution is 2.36. The van der Waals surface area contributed by atoms with E-state index in [1.54, 1.807) is 6.07 Å². The molecule has 1 saturated heterocycles. The summed E-state index contributed by atoms with van der Waals surface area (Å²) < 4.78 is 25.6. The lowest BCUT2D eigenvalue weighted by Gasteiger charge is -2.34. The highest BCUT2D eigenvalue weighted by Gasteiger charge is 2.44. The van der Waals surface area contributed by atoms with Crippen molar-refractivity contribution in [3.05, 3.63) is 60.4 Å². The van der Waals surface area contributed by atoms with E-state index in [-0.39, 0.29) is 24.8 Å². The Bertz CT molecular complexity index is 863. The Morgan fingerprint density at radius 3 is 2.84 bits per heavy atom. The first-order chi connectivity index (χ1) is 12.2. The zero-order chi connectivity index (χ0) is 17.3. The zero-order valence-corrected chi connectivity index (χ0v) is 13.4. The van der Waals surface area contributed by atoms with Crippen LogP contribution in [0.5, 0.6) is 0 Å². The van der Waals surface area contributed by atoms with Crippen molar-refractivity contribution in [3.8, 4) is 11.4 Å². The molecule has 1 amide bonds. The van der Waals surface area contributed by atoms with Crippen molar-refractivity contribution >= 4 is 5.91 Å². The second-order valence-corrected chi connectivity index (χ2v) is 6.10. The molecule has 1 aliphatic rings. The molecule has 25 heavy (non-hydrogen) atoms. The smallest absolute Gasteiger partial charge is 0.266 e. The van der Waals surface area contributed by atoms with Gasteiger partial charge in [0.05, 0.1) is 18.4 Å². The summed E-state index contributed by atoms with van der Waals surface area (Å²) in [7, 11) is 0. The van der Waals surface area contributed by atoms with Crippen LogP contribution >= 0.6 is 0 Å². The SMILES string of the molecule is O=C(c1ccoc1)N1CCCC(F)(c2nc(-c3ccccc3)no2)C1. The molecule has 0 bridgehead atoms. The van der Waals surface area contributed by atoms with E-state index in [0.29, 0.717) is 24.4 Å². The maximum absolute atomic E-state index is 15.5. The number of amides is 1. The van der Waals surface area contributed by atoms with Crippen LogP contribution < -0.4 is 0 Å². The van der Waals surface area contributed by atoms with E-state index in [1.807, 2.05) is 30.3 Å². The number of piperidine rings is 1. The van der Waals surface area contributed by atoms with Crippen LogP contribution in [-0.2, 0) is 5.67 Å². The van der Waals surface area contributed by atoms with Crippen molar-refractivity contribution in [3.63, 3.8) is 0 Å². The summed E-state index contributed by atoms with van der Waals surface area (Å²) in [6.45, 7) is 0.364. The molecule has 0 spiro atoms. The lowest BCUT2D eigenvalue weighted by Crippen LogP contribution is -2.46. The number of likely N-dealkylation sites (tertiary alicyclic amines) is 1. The maximum Gasteiger partial charge on any atom is 0.266 e. The van der Waals surface area contributed by atoms with E-state index in [2.05, 4.69) is 10.1 Å². The number of nitrogens with zero attached hydrogens (tertiary/aromatic N) is 3. The number of rotatable bonds is 3. The first-order valence-corrected chi connectivity index (χ1v) is 8.06. The van der Waals surface area contributed by atoms with Gasteiger partial charge in [-0.1, -0.05) is 35.5 Å². The number of alkyl halides is 1. The number of hydrogen-bond donors (Lipinski definition) is 0. The van der Waals surface area contributed by atoms with Gasteiger partial charge in [-0.15, -0.1) is 0 Å². The Balaban J connectivity index is 1.57. The third-order valence-corrected chi connectivity index (χ3v) is 4.34. The Labute approximate surface area is 143 Å². The normalized spacial score (nSPS) is 20.6. The van der Waals surface area contributed by atoms with E-state index >= 15 is 4.39 Å². The number of carbonyl (C=O) groups excluding carboxylic acids is 1. The van der Waals surface area contributed by atoms with Crippen molar-refractivity contribution in [1.29, 1.82) is 0 Å². The highest BCUT2D eigenvalue weighted by atomic mass is 19.1. The second-order valence-electron chi connectivity index (χ2n) is 6.10. The molecule has 0 radical (unpaired) electrons.